The van der Waals surface area contributed by atoms with Crippen LogP contribution in [0.4, 0.5) is 0 Å². The molecular weight excluding hydrogens is 819 g/mol. The van der Waals surface area contributed by atoms with Gasteiger partial charge in [0, 0.05) is 37.7 Å². The van der Waals surface area contributed by atoms with Gasteiger partial charge in [0.05, 0.1) is 35.6 Å². The van der Waals surface area contributed by atoms with Gasteiger partial charge >= 0.3 is 23.9 Å². The van der Waals surface area contributed by atoms with E-state index in [9.17, 15) is 44.4 Å². The van der Waals surface area contributed by atoms with E-state index in [-0.39, 0.29) is 41.1 Å². The van der Waals surface area contributed by atoms with Crippen LogP contribution in [0.5, 0.6) is 5.75 Å². The minimum atomic E-state index is -2.46. The van der Waals surface area contributed by atoms with Crippen molar-refractivity contribution in [3.63, 3.8) is 0 Å². The summed E-state index contributed by atoms with van der Waals surface area (Å²) >= 11 is 0. The Morgan fingerprint density at radius 3 is 2.08 bits per heavy atom. The van der Waals surface area contributed by atoms with Gasteiger partial charge in [-0.05, 0) is 60.9 Å². The first-order valence-electron chi connectivity index (χ1n) is 20.6. The van der Waals surface area contributed by atoms with Crippen molar-refractivity contribution in [1.29, 1.82) is 0 Å². The fourth-order valence-corrected chi connectivity index (χ4v) is 10.2. The highest BCUT2D eigenvalue weighted by Crippen LogP contribution is 2.64. The summed E-state index contributed by atoms with van der Waals surface area (Å²) in [7, 11) is 0. The summed E-state index contributed by atoms with van der Waals surface area (Å²) in [6.45, 7) is 7.76. The summed E-state index contributed by atoms with van der Waals surface area (Å²) in [5.74, 6) is -7.49. The zero-order valence-electron chi connectivity index (χ0n) is 35.6. The van der Waals surface area contributed by atoms with Crippen LogP contribution in [-0.4, -0.2) is 110 Å². The van der Waals surface area contributed by atoms with Gasteiger partial charge in [-0.15, -0.1) is 0 Å². The number of amides is 1. The molecular formula is C47H51NO15. The van der Waals surface area contributed by atoms with Gasteiger partial charge in [0.2, 0.25) is 0 Å². The van der Waals surface area contributed by atoms with Gasteiger partial charge in [-0.3, -0.25) is 19.2 Å². The Morgan fingerprint density at radius 1 is 0.857 bits per heavy atom. The predicted molar refractivity (Wildman–Crippen MR) is 219 cm³/mol. The second-order valence-electron chi connectivity index (χ2n) is 17.5. The molecule has 7 rings (SSSR count). The van der Waals surface area contributed by atoms with Crippen LogP contribution in [0, 0.1) is 16.7 Å². The molecule has 11 atom stereocenters. The first-order valence-corrected chi connectivity index (χ1v) is 20.6. The molecule has 2 saturated carbocycles. The fourth-order valence-electron chi connectivity index (χ4n) is 10.2. The smallest absolute Gasteiger partial charge is 0.338 e. The number of benzene rings is 3. The first kappa shape index (κ1) is 45.1. The summed E-state index contributed by atoms with van der Waals surface area (Å²) in [6, 6.07) is 20.1. The Hall–Kier alpha value is -5.94. The van der Waals surface area contributed by atoms with Crippen molar-refractivity contribution in [2.24, 2.45) is 16.7 Å². The lowest BCUT2D eigenvalue weighted by atomic mass is 9.44. The van der Waals surface area contributed by atoms with Gasteiger partial charge in [-0.25, -0.2) is 9.59 Å². The largest absolute Gasteiger partial charge is 0.508 e. The maximum Gasteiger partial charge on any atom is 0.338 e. The topological polar surface area (TPSA) is 242 Å². The van der Waals surface area contributed by atoms with E-state index < -0.39 is 113 Å². The van der Waals surface area contributed by atoms with Crippen molar-refractivity contribution in [2.75, 3.05) is 6.61 Å². The zero-order valence-corrected chi connectivity index (χ0v) is 35.6. The van der Waals surface area contributed by atoms with Crippen LogP contribution < -0.4 is 5.32 Å². The van der Waals surface area contributed by atoms with Crippen molar-refractivity contribution in [3.8, 4) is 5.75 Å². The Bertz CT molecular complexity index is 2350. The number of aromatic hydroxyl groups is 1. The molecule has 5 N–H and O–H groups in total. The normalized spacial score (nSPS) is 31.5. The SMILES string of the molecule is CC(=O)O[C@H]1C(=O)[C@]2(C)[C@@H](O)C[C@H]3OC[C@@]3(OC(C)=O)[C@@H]2[C@H](OC(=O)c2cccc(O)c2)[C@]2(O)C[C@H](OC(=O)[C@H](O)[C@@H](NC(=O)c3ccccc3)c3ccccc3)C(C)=C1C2(C)C. The second kappa shape index (κ2) is 16.6. The molecule has 3 aliphatic carbocycles. The summed E-state index contributed by atoms with van der Waals surface area (Å²) in [6.07, 6.45) is -10.9. The molecule has 3 fully saturated rings. The quantitative estimate of drug-likeness (QED) is 0.111. The van der Waals surface area contributed by atoms with Gasteiger partial charge in [0.25, 0.3) is 5.91 Å². The molecule has 63 heavy (non-hydrogen) atoms. The molecule has 3 aromatic rings. The predicted octanol–water partition coefficient (Wildman–Crippen LogP) is 3.44. The van der Waals surface area contributed by atoms with Crippen LogP contribution in [0.2, 0.25) is 0 Å². The highest BCUT2D eigenvalue weighted by atomic mass is 16.6. The zero-order chi connectivity index (χ0) is 45.8. The Balaban J connectivity index is 1.39. The van der Waals surface area contributed by atoms with Crippen LogP contribution in [0.3, 0.4) is 0 Å². The maximum atomic E-state index is 15.5. The van der Waals surface area contributed by atoms with Crippen LogP contribution in [0.25, 0.3) is 0 Å². The van der Waals surface area contributed by atoms with E-state index in [0.717, 1.165) is 19.9 Å². The molecule has 0 spiro atoms. The number of nitrogens with one attached hydrogen (secondary N) is 1. The number of esters is 4. The number of ether oxygens (including phenoxy) is 5. The van der Waals surface area contributed by atoms with E-state index in [2.05, 4.69) is 5.32 Å². The van der Waals surface area contributed by atoms with Crippen LogP contribution in [0.1, 0.15) is 86.7 Å². The summed E-state index contributed by atoms with van der Waals surface area (Å²) in [5.41, 5.74) is -7.58. The van der Waals surface area contributed by atoms with Gasteiger partial charge in [0.1, 0.15) is 29.7 Å². The number of phenols is 1. The number of hydrogen-bond donors (Lipinski definition) is 5. The average Bonchev–Trinajstić information content (AvgIpc) is 3.23. The molecule has 3 aromatic carbocycles. The third-order valence-corrected chi connectivity index (χ3v) is 13.6. The highest BCUT2D eigenvalue weighted by molar-refractivity contribution is 5.96. The molecule has 334 valence electrons. The van der Waals surface area contributed by atoms with Crippen molar-refractivity contribution in [3.05, 3.63) is 113 Å². The Labute approximate surface area is 363 Å². The number of aliphatic hydroxyl groups is 3. The van der Waals surface area contributed by atoms with E-state index >= 15 is 4.79 Å². The van der Waals surface area contributed by atoms with Crippen molar-refractivity contribution in [2.45, 2.75) is 108 Å². The monoisotopic (exact) mass is 869 g/mol. The van der Waals surface area contributed by atoms with E-state index in [1.54, 1.807) is 60.7 Å². The minimum Gasteiger partial charge on any atom is -0.508 e. The van der Waals surface area contributed by atoms with Crippen LogP contribution in [0.15, 0.2) is 96.1 Å². The lowest BCUT2D eigenvalue weighted by Crippen LogP contribution is -2.82. The molecule has 4 aliphatic rings. The molecule has 16 heteroatoms. The molecule has 1 amide bonds. The van der Waals surface area contributed by atoms with E-state index in [1.807, 2.05) is 0 Å². The number of fused-ring (bicyclic) bond motifs is 5. The van der Waals surface area contributed by atoms with Crippen LogP contribution >= 0.6 is 0 Å². The Morgan fingerprint density at radius 2 is 1.49 bits per heavy atom. The molecule has 1 aliphatic heterocycles. The molecule has 2 bridgehead atoms. The van der Waals surface area contributed by atoms with Crippen molar-refractivity contribution < 1.29 is 72.9 Å². The molecule has 1 saturated heterocycles. The van der Waals surface area contributed by atoms with Gasteiger partial charge in [-0.1, -0.05) is 68.4 Å². The Kier molecular flexibility index (Phi) is 11.9. The average molecular weight is 870 g/mol. The third-order valence-electron chi connectivity index (χ3n) is 13.6. The van der Waals surface area contributed by atoms with Gasteiger partial charge in [0.15, 0.2) is 23.6 Å². The lowest BCUT2D eigenvalue weighted by Gasteiger charge is -2.67. The maximum absolute atomic E-state index is 15.5. The van der Waals surface area contributed by atoms with Crippen molar-refractivity contribution in [1.82, 2.24) is 5.32 Å². The highest BCUT2D eigenvalue weighted by Gasteiger charge is 2.78. The van der Waals surface area contributed by atoms with E-state index in [0.29, 0.717) is 5.56 Å². The number of Topliss-reactive ketones (excluding diaryl/α,β-unsaturated/α-hetero) is 1. The van der Waals surface area contributed by atoms with Gasteiger partial charge < -0.3 is 49.4 Å². The second-order valence-corrected chi connectivity index (χ2v) is 17.5. The number of carbonyl (C=O) groups excluding carboxylic acids is 6. The third kappa shape index (κ3) is 7.58. The number of phenolic OH excluding ortho intramolecular Hbond substituents is 1. The number of carbonyl (C=O) groups is 6. The molecule has 0 unspecified atom stereocenters. The molecule has 0 radical (unpaired) electrons. The fraction of sp³-hybridized carbons (Fsp3) is 0.447. The van der Waals surface area contributed by atoms with E-state index in [4.69, 9.17) is 23.7 Å². The lowest BCUT2D eigenvalue weighted by molar-refractivity contribution is -0.346. The van der Waals surface area contributed by atoms with Crippen molar-refractivity contribution >= 4 is 35.6 Å². The summed E-state index contributed by atoms with van der Waals surface area (Å²) < 4.78 is 30.1. The molecule has 16 nitrogen and oxygen atoms in total. The number of hydrogen-bond acceptors (Lipinski definition) is 15. The molecule has 1 heterocycles. The van der Waals surface area contributed by atoms with Crippen LogP contribution in [-0.2, 0) is 42.9 Å². The van der Waals surface area contributed by atoms with Gasteiger partial charge in [-0.2, -0.15) is 0 Å². The standard InChI is InChI=1S/C47H51NO15/c1-24-31(61-43(57)36(53)35(27-14-9-7-10-15-27)48-41(55)28-16-11-8-12-17-28)22-47(58)40(62-42(56)29-18-13-19-30(51)20-29)38-45(6,32(52)21-33-46(38,23-59-33)63-26(3)50)39(54)37(60-25(2)49)34(24)44(47,4)5/h7-20,31-33,35-38,40,51-53,58H,21-23H2,1-6H3,(H,48,55)/t31-,32-,33+,35-,36+,37+,38+,40-,45+,46-,47+/m0/s1. The molecule has 0 aromatic heterocycles. The minimum absolute atomic E-state index is 0.0421. The van der Waals surface area contributed by atoms with E-state index in [1.165, 1.54) is 45.9 Å². The number of ketones is 1. The first-order chi connectivity index (χ1) is 29.7. The number of aliphatic hydroxyl groups excluding tert-OH is 2. The number of rotatable bonds is 10. The summed E-state index contributed by atoms with van der Waals surface area (Å²) in [5, 5.41) is 50.5. The summed E-state index contributed by atoms with van der Waals surface area (Å²) in [4.78, 5) is 83.5.